The molecule has 0 fully saturated rings. The molecule has 0 aromatic rings. The van der Waals surface area contributed by atoms with Crippen molar-refractivity contribution in [1.29, 1.82) is 0 Å². The number of rotatable bonds is 3. The van der Waals surface area contributed by atoms with Gasteiger partial charge in [-0.15, -0.1) is 0 Å². The fraction of sp³-hybridized carbons (Fsp3) is 0.500. The van der Waals surface area contributed by atoms with Gasteiger partial charge in [-0.2, -0.15) is 0 Å². The summed E-state index contributed by atoms with van der Waals surface area (Å²) in [4.78, 5) is 3.49. The van der Waals surface area contributed by atoms with E-state index < -0.39 is 0 Å². The third-order valence-electron chi connectivity index (χ3n) is 0.349. The van der Waals surface area contributed by atoms with Crippen molar-refractivity contribution in [2.75, 3.05) is 0 Å². The van der Waals surface area contributed by atoms with Crippen molar-refractivity contribution >= 4 is 9.99 Å². The van der Waals surface area contributed by atoms with E-state index in [4.69, 9.17) is 0 Å². The molecule has 42 valence electrons. The Balaban J connectivity index is 2.66. The Morgan fingerprint density at radius 1 is 1.00 bits per heavy atom. The maximum absolute atomic E-state index is 4.28. The summed E-state index contributed by atoms with van der Waals surface area (Å²) in [6.45, 7) is 0. The van der Waals surface area contributed by atoms with Crippen LogP contribution < -0.4 is 0 Å². The molecule has 2 heteroatoms. The molecule has 0 amide bonds. The first-order valence-corrected chi connectivity index (χ1v) is 2.82. The van der Waals surface area contributed by atoms with Crippen LogP contribution >= 0.6 is 0 Å². The third-order valence-corrected chi connectivity index (χ3v) is 0.919. The van der Waals surface area contributed by atoms with E-state index in [1.54, 1.807) is 9.99 Å². The van der Waals surface area contributed by atoms with Crippen molar-refractivity contribution < 1.29 is 30.1 Å². The summed E-state index contributed by atoms with van der Waals surface area (Å²) in [7, 11) is 0. The van der Waals surface area contributed by atoms with Crippen LogP contribution in [0.15, 0.2) is 0 Å². The Bertz CT molecular complexity index is 41.5. The summed E-state index contributed by atoms with van der Waals surface area (Å²) in [6.07, 6.45) is 1.94. The van der Waals surface area contributed by atoms with Gasteiger partial charge in [0.15, 0.2) is 0 Å². The van der Waals surface area contributed by atoms with E-state index in [0.717, 1.165) is 12.8 Å². The first-order valence-electron chi connectivity index (χ1n) is 1.68. The topological polar surface area (TPSA) is 0 Å². The van der Waals surface area contributed by atoms with Gasteiger partial charge in [0.2, 0.25) is 0 Å². The van der Waals surface area contributed by atoms with Gasteiger partial charge in [0.1, 0.15) is 0 Å². The first-order chi connectivity index (χ1) is 2.91. The SMILES string of the molecule is [Ni]=[CH]CC[CH]=[Ni]. The van der Waals surface area contributed by atoms with Crippen molar-refractivity contribution in [1.82, 2.24) is 0 Å². The quantitative estimate of drug-likeness (QED) is 0.428. The summed E-state index contributed by atoms with van der Waals surface area (Å²) < 4.78 is 0. The van der Waals surface area contributed by atoms with Gasteiger partial charge in [-0.1, -0.05) is 0 Å². The Kier molecular flexibility index (Phi) is 6.42. The molecule has 0 aliphatic carbocycles. The summed E-state index contributed by atoms with van der Waals surface area (Å²) >= 11 is 8.56. The monoisotopic (exact) mass is 170 g/mol. The van der Waals surface area contributed by atoms with Crippen LogP contribution in [0.5, 0.6) is 0 Å². The zero-order valence-electron chi connectivity index (χ0n) is 3.20. The molecule has 0 heterocycles. The molecule has 0 saturated heterocycles. The summed E-state index contributed by atoms with van der Waals surface area (Å²) in [5, 5.41) is 0. The molecule has 0 aliphatic rings. The van der Waals surface area contributed by atoms with Crippen LogP contribution in [0.1, 0.15) is 12.8 Å². The van der Waals surface area contributed by atoms with Gasteiger partial charge in [-0.3, -0.25) is 0 Å². The Morgan fingerprint density at radius 3 is 1.50 bits per heavy atom. The fourth-order valence-corrected chi connectivity index (χ4v) is 0.435. The molecule has 0 saturated carbocycles. The van der Waals surface area contributed by atoms with Gasteiger partial charge >= 0.3 is 52.9 Å². The van der Waals surface area contributed by atoms with Crippen LogP contribution in [0.4, 0.5) is 0 Å². The zero-order chi connectivity index (χ0) is 4.83. The van der Waals surface area contributed by atoms with E-state index in [1.807, 2.05) is 0 Å². The number of unbranched alkanes of at least 4 members (excludes halogenated alkanes) is 1. The maximum atomic E-state index is 4.28. The van der Waals surface area contributed by atoms with Crippen LogP contribution in [0.25, 0.3) is 0 Å². The standard InChI is InChI=1S/C4H6.2Ni/c1-3-4-2;;/h1-2H,3-4H2;;. The van der Waals surface area contributed by atoms with Gasteiger partial charge in [-0.25, -0.2) is 0 Å². The van der Waals surface area contributed by atoms with Crippen LogP contribution in [-0.2, 0) is 30.1 Å². The van der Waals surface area contributed by atoms with E-state index in [2.05, 4.69) is 30.1 Å². The minimum atomic E-state index is 0.972. The zero-order valence-corrected chi connectivity index (χ0v) is 5.18. The molecule has 0 unspecified atom stereocenters. The van der Waals surface area contributed by atoms with E-state index >= 15 is 0 Å². The van der Waals surface area contributed by atoms with Gasteiger partial charge in [-0.05, 0) is 0 Å². The minimum absolute atomic E-state index is 0.972. The molecule has 0 aromatic carbocycles. The van der Waals surface area contributed by atoms with E-state index in [0.29, 0.717) is 0 Å². The van der Waals surface area contributed by atoms with Gasteiger partial charge in [0, 0.05) is 0 Å². The molecule has 6 heavy (non-hydrogen) atoms. The second kappa shape index (κ2) is 5.73. The van der Waals surface area contributed by atoms with E-state index in [9.17, 15) is 0 Å². The van der Waals surface area contributed by atoms with Crippen molar-refractivity contribution in [2.24, 2.45) is 0 Å². The molecule has 0 radical (unpaired) electrons. The first kappa shape index (κ1) is 6.73. The predicted molar refractivity (Wildman–Crippen MR) is 21.4 cm³/mol. The Labute approximate surface area is 53.1 Å². The van der Waals surface area contributed by atoms with Crippen molar-refractivity contribution in [3.8, 4) is 0 Å². The van der Waals surface area contributed by atoms with Crippen molar-refractivity contribution in [3.05, 3.63) is 0 Å². The second-order valence-corrected chi connectivity index (χ2v) is 1.64. The van der Waals surface area contributed by atoms with Crippen LogP contribution in [-0.4, -0.2) is 9.99 Å². The summed E-state index contributed by atoms with van der Waals surface area (Å²) in [5.74, 6) is 0. The number of hydrogen-bond donors (Lipinski definition) is 0. The normalized spacial score (nSPS) is 8.00. The van der Waals surface area contributed by atoms with Gasteiger partial charge in [0.05, 0.1) is 0 Å². The molecule has 0 bridgehead atoms. The number of hydrogen-bond acceptors (Lipinski definition) is 0. The predicted octanol–water partition coefficient (Wildman–Crippen LogP) is 0.465. The van der Waals surface area contributed by atoms with Crippen LogP contribution in [0.2, 0.25) is 0 Å². The molecule has 0 aliphatic heterocycles. The fourth-order valence-electron chi connectivity index (χ4n) is 0.105. The molecule has 0 atom stereocenters. The third kappa shape index (κ3) is 4.73. The van der Waals surface area contributed by atoms with Crippen molar-refractivity contribution in [3.63, 3.8) is 0 Å². The average Bonchev–Trinajstić information content (AvgIpc) is 1.61. The van der Waals surface area contributed by atoms with E-state index in [-0.39, 0.29) is 0 Å². The molecule has 0 aromatic heterocycles. The van der Waals surface area contributed by atoms with Gasteiger partial charge < -0.3 is 0 Å². The van der Waals surface area contributed by atoms with Gasteiger partial charge in [0.25, 0.3) is 0 Å². The van der Waals surface area contributed by atoms with Crippen LogP contribution in [0.3, 0.4) is 0 Å². The molecule has 0 rings (SSSR count). The van der Waals surface area contributed by atoms with Crippen LogP contribution in [0, 0.1) is 0 Å². The Morgan fingerprint density at radius 2 is 1.33 bits per heavy atom. The summed E-state index contributed by atoms with van der Waals surface area (Å²) in [5.41, 5.74) is 0. The molecular formula is C4H6Ni2. The van der Waals surface area contributed by atoms with Crippen molar-refractivity contribution in [2.45, 2.75) is 12.8 Å². The molecule has 0 N–H and O–H groups in total. The molecule has 0 nitrogen and oxygen atoms in total. The second-order valence-electron chi connectivity index (χ2n) is 0.836. The summed E-state index contributed by atoms with van der Waals surface area (Å²) in [6, 6.07) is 0. The van der Waals surface area contributed by atoms with E-state index in [1.165, 1.54) is 0 Å². The molecular weight excluding hydrogens is 165 g/mol. The molecule has 0 spiro atoms. The Hall–Kier alpha value is 0.727. The average molecular weight is 171 g/mol.